The molecule has 1 heterocycles. The predicted octanol–water partition coefficient (Wildman–Crippen LogP) is 7.64. The lowest BCUT2D eigenvalue weighted by Gasteiger charge is -2.20. The summed E-state index contributed by atoms with van der Waals surface area (Å²) in [6.07, 6.45) is 27.7. The van der Waals surface area contributed by atoms with E-state index in [0.717, 1.165) is 51.7 Å². The van der Waals surface area contributed by atoms with Crippen LogP contribution in [0.15, 0.2) is 29.3 Å². The van der Waals surface area contributed by atoms with Crippen LogP contribution in [-0.2, 0) is 9.53 Å². The fourth-order valence-electron chi connectivity index (χ4n) is 4.06. The van der Waals surface area contributed by atoms with Gasteiger partial charge < -0.3 is 9.64 Å². The van der Waals surface area contributed by atoms with Crippen molar-refractivity contribution in [1.29, 1.82) is 0 Å². The minimum Gasteiger partial charge on any atom is -0.464 e. The van der Waals surface area contributed by atoms with Crippen LogP contribution in [0.4, 0.5) is 0 Å². The highest BCUT2D eigenvalue weighted by molar-refractivity contribution is 5.83. The molecule has 0 aromatic heterocycles. The maximum absolute atomic E-state index is 12.0. The Morgan fingerprint density at radius 2 is 1.44 bits per heavy atom. The average molecular weight is 447 g/mol. The van der Waals surface area contributed by atoms with Crippen molar-refractivity contribution >= 4 is 11.8 Å². The zero-order valence-corrected chi connectivity index (χ0v) is 21.2. The topological polar surface area (TPSA) is 41.9 Å². The van der Waals surface area contributed by atoms with E-state index in [9.17, 15) is 4.79 Å². The molecule has 0 fully saturated rings. The molecule has 0 N–H and O–H groups in total. The van der Waals surface area contributed by atoms with Crippen molar-refractivity contribution in [3.8, 4) is 0 Å². The Hall–Kier alpha value is -1.58. The molecule has 1 aliphatic heterocycles. The van der Waals surface area contributed by atoms with E-state index in [2.05, 4.69) is 48.0 Å². The van der Waals surface area contributed by atoms with Crippen molar-refractivity contribution in [2.75, 3.05) is 26.2 Å². The van der Waals surface area contributed by atoms with Gasteiger partial charge in [0.2, 0.25) is 0 Å². The van der Waals surface area contributed by atoms with Gasteiger partial charge in [-0.1, -0.05) is 76.7 Å². The van der Waals surface area contributed by atoms with Crippen LogP contribution in [0, 0.1) is 0 Å². The summed E-state index contributed by atoms with van der Waals surface area (Å²) in [5.74, 6) is 1.18. The number of hydrogen-bond acceptors (Lipinski definition) is 4. The van der Waals surface area contributed by atoms with Crippen LogP contribution in [0.3, 0.4) is 0 Å². The van der Waals surface area contributed by atoms with Crippen molar-refractivity contribution < 1.29 is 9.53 Å². The summed E-state index contributed by atoms with van der Waals surface area (Å²) >= 11 is 0. The molecule has 0 unspecified atom stereocenters. The van der Waals surface area contributed by atoms with Crippen LogP contribution in [-0.4, -0.2) is 42.9 Å². The molecule has 0 spiro atoms. The third kappa shape index (κ3) is 16.1. The minimum absolute atomic E-state index is 0.0395. The van der Waals surface area contributed by atoms with Crippen molar-refractivity contribution in [3.63, 3.8) is 0 Å². The van der Waals surface area contributed by atoms with Gasteiger partial charge in [0.25, 0.3) is 0 Å². The molecular formula is C28H50N2O2. The first-order valence-corrected chi connectivity index (χ1v) is 13.5. The molecule has 0 saturated heterocycles. The third-order valence-corrected chi connectivity index (χ3v) is 5.98. The number of ether oxygens (including phenoxy) is 1. The van der Waals surface area contributed by atoms with Gasteiger partial charge in [0, 0.05) is 19.4 Å². The van der Waals surface area contributed by atoms with Crippen molar-refractivity contribution in [1.82, 2.24) is 4.90 Å². The Balaban J connectivity index is 1.97. The van der Waals surface area contributed by atoms with Gasteiger partial charge in [0.1, 0.15) is 6.61 Å². The average Bonchev–Trinajstić information content (AvgIpc) is 3.24. The lowest BCUT2D eigenvalue weighted by atomic mass is 10.1. The molecule has 184 valence electrons. The van der Waals surface area contributed by atoms with Gasteiger partial charge in [-0.2, -0.15) is 0 Å². The van der Waals surface area contributed by atoms with Crippen LogP contribution in [0.2, 0.25) is 0 Å². The van der Waals surface area contributed by atoms with Crippen LogP contribution < -0.4 is 0 Å². The number of carbonyl (C=O) groups is 1. The predicted molar refractivity (Wildman–Crippen MR) is 138 cm³/mol. The molecule has 0 aromatic rings. The molecule has 0 saturated carbocycles. The first-order chi connectivity index (χ1) is 15.8. The highest BCUT2D eigenvalue weighted by Crippen LogP contribution is 2.13. The first-order valence-electron chi connectivity index (χ1n) is 13.5. The smallest absolute Gasteiger partial charge is 0.305 e. The van der Waals surface area contributed by atoms with Gasteiger partial charge in [-0.05, 0) is 51.4 Å². The van der Waals surface area contributed by atoms with Gasteiger partial charge in [0.05, 0.1) is 18.9 Å². The maximum Gasteiger partial charge on any atom is 0.305 e. The Morgan fingerprint density at radius 1 is 0.844 bits per heavy atom. The quantitative estimate of drug-likeness (QED) is 0.103. The normalized spacial score (nSPS) is 14.1. The van der Waals surface area contributed by atoms with Crippen LogP contribution in [0.1, 0.15) is 117 Å². The summed E-state index contributed by atoms with van der Waals surface area (Å²) in [4.78, 5) is 19.0. The van der Waals surface area contributed by atoms with Crippen molar-refractivity contribution in [2.45, 2.75) is 117 Å². The molecule has 0 aromatic carbocycles. The number of amidine groups is 1. The van der Waals surface area contributed by atoms with E-state index in [1.54, 1.807) is 0 Å². The van der Waals surface area contributed by atoms with Crippen molar-refractivity contribution in [2.24, 2.45) is 4.99 Å². The lowest BCUT2D eigenvalue weighted by Crippen LogP contribution is -2.31. The number of allylic oxidation sites excluding steroid dienone is 4. The number of hydrogen-bond donors (Lipinski definition) is 0. The molecule has 0 atom stereocenters. The number of esters is 1. The molecule has 0 amide bonds. The van der Waals surface area contributed by atoms with Crippen LogP contribution >= 0.6 is 0 Å². The van der Waals surface area contributed by atoms with E-state index in [1.165, 1.54) is 70.0 Å². The van der Waals surface area contributed by atoms with E-state index < -0.39 is 0 Å². The molecule has 1 rings (SSSR count). The highest BCUT2D eigenvalue weighted by atomic mass is 16.5. The highest BCUT2D eigenvalue weighted by Gasteiger charge is 2.16. The fraction of sp³-hybridized carbons (Fsp3) is 0.786. The summed E-state index contributed by atoms with van der Waals surface area (Å²) in [7, 11) is 0. The zero-order valence-electron chi connectivity index (χ0n) is 21.2. The molecule has 32 heavy (non-hydrogen) atoms. The van der Waals surface area contributed by atoms with Crippen LogP contribution in [0.25, 0.3) is 0 Å². The van der Waals surface area contributed by atoms with Gasteiger partial charge in [0.15, 0.2) is 0 Å². The van der Waals surface area contributed by atoms with E-state index in [1.807, 2.05) is 0 Å². The third-order valence-electron chi connectivity index (χ3n) is 5.98. The summed E-state index contributed by atoms with van der Waals surface area (Å²) in [5.41, 5.74) is 0. The first kappa shape index (κ1) is 28.5. The summed E-state index contributed by atoms with van der Waals surface area (Å²) in [6, 6.07) is 0. The van der Waals surface area contributed by atoms with Crippen LogP contribution in [0.5, 0.6) is 0 Å². The Kier molecular flexibility index (Phi) is 18.9. The molecule has 4 nitrogen and oxygen atoms in total. The largest absolute Gasteiger partial charge is 0.464 e. The molecule has 4 heteroatoms. The summed E-state index contributed by atoms with van der Waals surface area (Å²) in [5, 5.41) is 0. The van der Waals surface area contributed by atoms with Crippen molar-refractivity contribution in [3.05, 3.63) is 24.3 Å². The number of aliphatic imine (C=N–C) groups is 1. The lowest BCUT2D eigenvalue weighted by molar-refractivity contribution is -0.143. The Bertz CT molecular complexity index is 540. The number of unbranched alkanes of at least 4 members (excludes halogenated alkanes) is 10. The molecule has 0 radical (unpaired) electrons. The Labute approximate surface area is 198 Å². The second-order valence-corrected chi connectivity index (χ2v) is 8.88. The maximum atomic E-state index is 12.0. The van der Waals surface area contributed by atoms with E-state index in [0.29, 0.717) is 13.0 Å². The number of rotatable bonds is 21. The monoisotopic (exact) mass is 446 g/mol. The van der Waals surface area contributed by atoms with E-state index >= 15 is 0 Å². The number of carbonyl (C=O) groups excluding carboxylic acids is 1. The van der Waals surface area contributed by atoms with Gasteiger partial charge in [-0.25, -0.2) is 0 Å². The van der Waals surface area contributed by atoms with Gasteiger partial charge >= 0.3 is 5.97 Å². The Morgan fingerprint density at radius 3 is 2.09 bits per heavy atom. The molecule has 0 aliphatic carbocycles. The minimum atomic E-state index is -0.0395. The van der Waals surface area contributed by atoms with E-state index in [4.69, 9.17) is 4.74 Å². The molecular weight excluding hydrogens is 396 g/mol. The SMILES string of the molecule is CCC=CCCCCCCCC(=O)OCCN1CCN=C1CCCCCCCC=CCC. The zero-order chi connectivity index (χ0) is 23.1. The summed E-state index contributed by atoms with van der Waals surface area (Å²) in [6.45, 7) is 7.51. The fourth-order valence-corrected chi connectivity index (χ4v) is 4.06. The van der Waals surface area contributed by atoms with Gasteiger partial charge in [-0.3, -0.25) is 9.79 Å². The van der Waals surface area contributed by atoms with E-state index in [-0.39, 0.29) is 5.97 Å². The summed E-state index contributed by atoms with van der Waals surface area (Å²) < 4.78 is 5.47. The second-order valence-electron chi connectivity index (χ2n) is 8.88. The number of nitrogens with zero attached hydrogens (tertiary/aromatic N) is 2. The molecule has 0 bridgehead atoms. The van der Waals surface area contributed by atoms with Gasteiger partial charge in [-0.15, -0.1) is 0 Å². The second kappa shape index (κ2) is 21.3. The molecule has 1 aliphatic rings. The standard InChI is InChI=1S/C28H50N2O2/c1-3-5-7-9-11-13-15-17-19-21-27-29-23-24-30(27)25-26-32-28(31)22-20-18-16-14-12-10-8-6-4-2/h5-8H,3-4,9-26H2,1-2H3.